The highest BCUT2D eigenvalue weighted by Crippen LogP contribution is 2.38. The highest BCUT2D eigenvalue weighted by atomic mass is 16.7. The van der Waals surface area contributed by atoms with Gasteiger partial charge in [0.25, 0.3) is 11.8 Å². The lowest BCUT2D eigenvalue weighted by molar-refractivity contribution is -0.120. The van der Waals surface area contributed by atoms with Gasteiger partial charge in [-0.1, -0.05) is 36.4 Å². The van der Waals surface area contributed by atoms with Crippen LogP contribution < -0.4 is 24.4 Å². The second-order valence-corrected chi connectivity index (χ2v) is 7.19. The first-order valence-corrected chi connectivity index (χ1v) is 10.2. The average molecular weight is 428 g/mol. The van der Waals surface area contributed by atoms with E-state index < -0.39 is 11.8 Å². The van der Waals surface area contributed by atoms with E-state index in [0.717, 1.165) is 0 Å². The summed E-state index contributed by atoms with van der Waals surface area (Å²) in [6, 6.07) is 21.4. The summed E-state index contributed by atoms with van der Waals surface area (Å²) in [5, 5.41) is 3.14. The number of nitrogens with one attached hydrogen (secondary N) is 1. The molecule has 0 bridgehead atoms. The topological polar surface area (TPSA) is 77.1 Å². The number of carbonyl (C=O) groups excluding carboxylic acids is 2. The molecule has 2 aliphatic heterocycles. The van der Waals surface area contributed by atoms with E-state index in [-0.39, 0.29) is 12.5 Å². The Morgan fingerprint density at radius 3 is 2.53 bits per heavy atom. The molecule has 0 unspecified atom stereocenters. The van der Waals surface area contributed by atoms with Gasteiger partial charge in [-0.25, -0.2) is 4.90 Å². The van der Waals surface area contributed by atoms with Gasteiger partial charge in [0, 0.05) is 17.8 Å². The lowest BCUT2D eigenvalue weighted by atomic mass is 10.0. The Kier molecular flexibility index (Phi) is 4.99. The first-order chi connectivity index (χ1) is 15.7. The predicted octanol–water partition coefficient (Wildman–Crippen LogP) is 4.21. The average Bonchev–Trinajstić information content (AvgIpc) is 3.37. The molecule has 2 aliphatic rings. The summed E-state index contributed by atoms with van der Waals surface area (Å²) in [6.07, 6.45) is 0. The van der Waals surface area contributed by atoms with Gasteiger partial charge in [0.05, 0.1) is 17.9 Å². The lowest BCUT2D eigenvalue weighted by Gasteiger charge is -2.16. The van der Waals surface area contributed by atoms with Crippen LogP contribution >= 0.6 is 0 Å². The molecule has 3 aromatic rings. The number of nitrogens with zero attached hydrogens (tertiary/aromatic N) is 1. The molecule has 160 valence electrons. The van der Waals surface area contributed by atoms with Gasteiger partial charge in [-0.15, -0.1) is 0 Å². The minimum Gasteiger partial charge on any atom is -0.494 e. The molecule has 7 nitrogen and oxygen atoms in total. The number of fused-ring (bicyclic) bond motifs is 1. The van der Waals surface area contributed by atoms with E-state index in [1.165, 1.54) is 4.90 Å². The molecule has 1 N–H and O–H groups in total. The van der Waals surface area contributed by atoms with E-state index in [1.54, 1.807) is 42.5 Å². The molecular weight excluding hydrogens is 408 g/mol. The third-order valence-corrected chi connectivity index (χ3v) is 5.18. The lowest BCUT2D eigenvalue weighted by Crippen LogP contribution is -2.32. The van der Waals surface area contributed by atoms with Crippen molar-refractivity contribution in [2.75, 3.05) is 23.6 Å². The summed E-state index contributed by atoms with van der Waals surface area (Å²) in [6.45, 7) is 2.51. The van der Waals surface area contributed by atoms with Crippen molar-refractivity contribution >= 4 is 28.8 Å². The Hall–Kier alpha value is -4.26. The van der Waals surface area contributed by atoms with Crippen LogP contribution in [0.25, 0.3) is 5.57 Å². The van der Waals surface area contributed by atoms with Gasteiger partial charge in [-0.2, -0.15) is 0 Å². The fourth-order valence-electron chi connectivity index (χ4n) is 3.75. The number of carbonyl (C=O) groups is 2. The summed E-state index contributed by atoms with van der Waals surface area (Å²) < 4.78 is 16.3. The van der Waals surface area contributed by atoms with Crippen molar-refractivity contribution in [2.45, 2.75) is 6.92 Å². The maximum atomic E-state index is 13.5. The second kappa shape index (κ2) is 8.11. The molecule has 0 saturated carbocycles. The molecule has 0 saturated heterocycles. The van der Waals surface area contributed by atoms with Crippen molar-refractivity contribution in [2.24, 2.45) is 0 Å². The van der Waals surface area contributed by atoms with E-state index >= 15 is 0 Å². The Bertz CT molecular complexity index is 1240. The van der Waals surface area contributed by atoms with Crippen molar-refractivity contribution in [3.63, 3.8) is 0 Å². The molecule has 0 aromatic heterocycles. The van der Waals surface area contributed by atoms with Crippen LogP contribution in [0.5, 0.6) is 17.2 Å². The van der Waals surface area contributed by atoms with Crippen molar-refractivity contribution in [3.05, 3.63) is 84.1 Å². The summed E-state index contributed by atoms with van der Waals surface area (Å²) in [7, 11) is 0. The van der Waals surface area contributed by atoms with Crippen molar-refractivity contribution in [1.29, 1.82) is 0 Å². The Morgan fingerprint density at radius 2 is 1.72 bits per heavy atom. The zero-order valence-corrected chi connectivity index (χ0v) is 17.3. The number of anilines is 2. The number of rotatable bonds is 6. The molecule has 0 spiro atoms. The van der Waals surface area contributed by atoms with Gasteiger partial charge in [-0.05, 0) is 36.8 Å². The molecule has 5 rings (SSSR count). The van der Waals surface area contributed by atoms with Crippen LogP contribution in [0.4, 0.5) is 11.4 Å². The van der Waals surface area contributed by atoms with Crippen molar-refractivity contribution in [1.82, 2.24) is 0 Å². The normalized spacial score (nSPS) is 14.8. The predicted molar refractivity (Wildman–Crippen MR) is 120 cm³/mol. The summed E-state index contributed by atoms with van der Waals surface area (Å²) in [4.78, 5) is 28.2. The number of imide groups is 1. The smallest absolute Gasteiger partial charge is 0.282 e. The molecule has 0 radical (unpaired) electrons. The molecule has 2 amide bonds. The molecule has 0 atom stereocenters. The molecule has 32 heavy (non-hydrogen) atoms. The Labute approximate surface area is 184 Å². The number of amides is 2. The summed E-state index contributed by atoms with van der Waals surface area (Å²) >= 11 is 0. The number of benzene rings is 3. The van der Waals surface area contributed by atoms with Gasteiger partial charge < -0.3 is 19.5 Å². The van der Waals surface area contributed by atoms with Crippen molar-refractivity contribution < 1.29 is 23.8 Å². The maximum Gasteiger partial charge on any atom is 0.282 e. The van der Waals surface area contributed by atoms with E-state index in [9.17, 15) is 9.59 Å². The largest absolute Gasteiger partial charge is 0.494 e. The van der Waals surface area contributed by atoms with Gasteiger partial charge in [-0.3, -0.25) is 9.59 Å². The van der Waals surface area contributed by atoms with Gasteiger partial charge in [0.1, 0.15) is 11.4 Å². The zero-order chi connectivity index (χ0) is 22.1. The molecule has 0 aliphatic carbocycles. The van der Waals surface area contributed by atoms with Gasteiger partial charge in [0.2, 0.25) is 6.79 Å². The van der Waals surface area contributed by atoms with Gasteiger partial charge in [0.15, 0.2) is 11.5 Å². The van der Waals surface area contributed by atoms with Crippen LogP contribution in [0.3, 0.4) is 0 Å². The standard InChI is InChI=1S/C25H20N2O5/c1-2-30-19-10-6-9-18(14-19)27-24(28)22(16-7-4-3-5-8-16)23(25(27)29)26-17-11-12-20-21(13-17)32-15-31-20/h3-14,26H,2,15H2,1H3. The van der Waals surface area contributed by atoms with E-state index in [2.05, 4.69) is 5.32 Å². The number of hydrogen-bond donors (Lipinski definition) is 1. The third kappa shape index (κ3) is 3.43. The van der Waals surface area contributed by atoms with Crippen molar-refractivity contribution in [3.8, 4) is 17.2 Å². The van der Waals surface area contributed by atoms with Crippen LogP contribution in [0.2, 0.25) is 0 Å². The van der Waals surface area contributed by atoms with Crippen LogP contribution in [0.15, 0.2) is 78.5 Å². The highest BCUT2D eigenvalue weighted by Gasteiger charge is 2.40. The van der Waals surface area contributed by atoms with E-state index in [1.807, 2.05) is 37.3 Å². The first-order valence-electron chi connectivity index (χ1n) is 10.2. The molecule has 2 heterocycles. The Balaban J connectivity index is 1.56. The summed E-state index contributed by atoms with van der Waals surface area (Å²) in [5.74, 6) is 0.952. The Morgan fingerprint density at radius 1 is 0.906 bits per heavy atom. The first kappa shape index (κ1) is 19.7. The fourth-order valence-corrected chi connectivity index (χ4v) is 3.75. The molecule has 3 aromatic carbocycles. The quantitative estimate of drug-likeness (QED) is 0.593. The van der Waals surface area contributed by atoms with E-state index in [0.29, 0.717) is 46.4 Å². The second-order valence-electron chi connectivity index (χ2n) is 7.19. The number of hydrogen-bond acceptors (Lipinski definition) is 6. The van der Waals surface area contributed by atoms with Crippen LogP contribution in [-0.2, 0) is 9.59 Å². The minimum absolute atomic E-state index is 0.151. The van der Waals surface area contributed by atoms with Crippen LogP contribution in [0, 0.1) is 0 Å². The molecule has 0 fully saturated rings. The SMILES string of the molecule is CCOc1cccc(N2C(=O)C(Nc3ccc4c(c3)OCO4)=C(c3ccccc3)C2=O)c1. The molecular formula is C25H20N2O5. The van der Waals surface area contributed by atoms with Crippen LogP contribution in [0.1, 0.15) is 12.5 Å². The van der Waals surface area contributed by atoms with Crippen LogP contribution in [-0.4, -0.2) is 25.2 Å². The zero-order valence-electron chi connectivity index (χ0n) is 17.3. The summed E-state index contributed by atoms with van der Waals surface area (Å²) in [5.41, 5.74) is 2.21. The number of ether oxygens (including phenoxy) is 3. The maximum absolute atomic E-state index is 13.5. The fraction of sp³-hybridized carbons (Fsp3) is 0.120. The highest BCUT2D eigenvalue weighted by molar-refractivity contribution is 6.46. The third-order valence-electron chi connectivity index (χ3n) is 5.18. The molecule has 7 heteroatoms. The van der Waals surface area contributed by atoms with E-state index in [4.69, 9.17) is 14.2 Å². The monoisotopic (exact) mass is 428 g/mol. The minimum atomic E-state index is -0.444. The van der Waals surface area contributed by atoms with Gasteiger partial charge >= 0.3 is 0 Å².